The summed E-state index contributed by atoms with van der Waals surface area (Å²) in [5.74, 6) is -0.230. The standard InChI is InChI=1S/C15H16O3S/c1-19(17,18)9-14(16)12-8-7-11-6-5-10-3-2-4-13(12)15(10)11/h2-4,7-8,14,16H,5-6,9H2,1H3. The molecule has 3 rings (SSSR count). The summed E-state index contributed by atoms with van der Waals surface area (Å²) in [6, 6.07) is 9.92. The zero-order valence-electron chi connectivity index (χ0n) is 10.8. The van der Waals surface area contributed by atoms with Crippen LogP contribution in [0.25, 0.3) is 10.8 Å². The molecular weight excluding hydrogens is 260 g/mol. The van der Waals surface area contributed by atoms with Gasteiger partial charge >= 0.3 is 0 Å². The van der Waals surface area contributed by atoms with Crippen LogP contribution in [-0.2, 0) is 22.7 Å². The second kappa shape index (κ2) is 4.32. The van der Waals surface area contributed by atoms with Crippen molar-refractivity contribution in [1.82, 2.24) is 0 Å². The van der Waals surface area contributed by atoms with E-state index in [2.05, 4.69) is 6.07 Å². The van der Waals surface area contributed by atoms with E-state index in [0.717, 1.165) is 24.5 Å². The first kappa shape index (κ1) is 12.6. The SMILES string of the molecule is CS(=O)(=O)CC(O)c1ccc2c3c(cccc13)CC2. The molecule has 0 saturated carbocycles. The Balaban J connectivity index is 2.16. The molecule has 0 radical (unpaired) electrons. The Kier molecular flexibility index (Phi) is 2.87. The van der Waals surface area contributed by atoms with Crippen LogP contribution in [0.3, 0.4) is 0 Å². The van der Waals surface area contributed by atoms with Gasteiger partial charge in [-0.3, -0.25) is 0 Å². The monoisotopic (exact) mass is 276 g/mol. The third-order valence-corrected chi connectivity index (χ3v) is 4.65. The minimum absolute atomic E-state index is 0.230. The van der Waals surface area contributed by atoms with Gasteiger partial charge in [0.2, 0.25) is 0 Å². The molecule has 0 aromatic heterocycles. The Labute approximate surface area is 112 Å². The zero-order chi connectivity index (χ0) is 13.6. The summed E-state index contributed by atoms with van der Waals surface area (Å²) in [7, 11) is -3.19. The van der Waals surface area contributed by atoms with Crippen molar-refractivity contribution in [3.05, 3.63) is 47.0 Å². The van der Waals surface area contributed by atoms with Gasteiger partial charge in [0.15, 0.2) is 0 Å². The van der Waals surface area contributed by atoms with Crippen molar-refractivity contribution in [3.63, 3.8) is 0 Å². The molecule has 0 aliphatic heterocycles. The van der Waals surface area contributed by atoms with E-state index in [1.807, 2.05) is 24.3 Å². The molecule has 2 aromatic carbocycles. The molecule has 4 heteroatoms. The normalized spacial score (nSPS) is 15.9. The van der Waals surface area contributed by atoms with Crippen molar-refractivity contribution in [2.24, 2.45) is 0 Å². The largest absolute Gasteiger partial charge is 0.387 e. The molecule has 0 amide bonds. The molecule has 0 heterocycles. The Morgan fingerprint density at radius 1 is 1.16 bits per heavy atom. The molecule has 1 N–H and O–H groups in total. The fraction of sp³-hybridized carbons (Fsp3) is 0.333. The zero-order valence-corrected chi connectivity index (χ0v) is 11.6. The first-order valence-corrected chi connectivity index (χ1v) is 8.41. The van der Waals surface area contributed by atoms with E-state index in [-0.39, 0.29) is 5.75 Å². The predicted molar refractivity (Wildman–Crippen MR) is 76.0 cm³/mol. The summed E-state index contributed by atoms with van der Waals surface area (Å²) in [4.78, 5) is 0. The van der Waals surface area contributed by atoms with Crippen LogP contribution in [0.2, 0.25) is 0 Å². The van der Waals surface area contributed by atoms with Gasteiger partial charge in [0.05, 0.1) is 11.9 Å². The van der Waals surface area contributed by atoms with Crippen LogP contribution in [0.4, 0.5) is 0 Å². The number of benzene rings is 2. The Bertz CT molecular complexity index is 737. The second-order valence-corrected chi connectivity index (χ2v) is 7.45. The first-order chi connectivity index (χ1) is 8.96. The van der Waals surface area contributed by atoms with Gasteiger partial charge in [-0.25, -0.2) is 8.42 Å². The average Bonchev–Trinajstić information content (AvgIpc) is 2.73. The summed E-state index contributed by atoms with van der Waals surface area (Å²) < 4.78 is 22.7. The molecule has 1 aliphatic carbocycles. The van der Waals surface area contributed by atoms with Gasteiger partial charge in [0.1, 0.15) is 9.84 Å². The van der Waals surface area contributed by atoms with Crippen molar-refractivity contribution < 1.29 is 13.5 Å². The number of aliphatic hydroxyl groups excluding tert-OH is 1. The minimum Gasteiger partial charge on any atom is -0.387 e. The smallest absolute Gasteiger partial charge is 0.150 e. The lowest BCUT2D eigenvalue weighted by Crippen LogP contribution is -2.13. The molecule has 1 unspecified atom stereocenters. The van der Waals surface area contributed by atoms with Crippen molar-refractivity contribution >= 4 is 20.6 Å². The highest BCUT2D eigenvalue weighted by molar-refractivity contribution is 7.90. The lowest BCUT2D eigenvalue weighted by atomic mass is 9.97. The highest BCUT2D eigenvalue weighted by Crippen LogP contribution is 2.35. The molecular formula is C15H16O3S. The lowest BCUT2D eigenvalue weighted by Gasteiger charge is -2.14. The number of aliphatic hydroxyl groups is 1. The molecule has 0 bridgehead atoms. The highest BCUT2D eigenvalue weighted by atomic mass is 32.2. The highest BCUT2D eigenvalue weighted by Gasteiger charge is 2.21. The number of rotatable bonds is 3. The fourth-order valence-corrected chi connectivity index (χ4v) is 3.69. The average molecular weight is 276 g/mol. The third kappa shape index (κ3) is 2.26. The lowest BCUT2D eigenvalue weighted by molar-refractivity contribution is 0.203. The van der Waals surface area contributed by atoms with Crippen LogP contribution in [0.1, 0.15) is 22.8 Å². The van der Waals surface area contributed by atoms with Gasteiger partial charge in [0, 0.05) is 6.26 Å². The molecule has 3 nitrogen and oxygen atoms in total. The second-order valence-electron chi connectivity index (χ2n) is 5.26. The van der Waals surface area contributed by atoms with E-state index in [1.54, 1.807) is 0 Å². The van der Waals surface area contributed by atoms with E-state index < -0.39 is 15.9 Å². The van der Waals surface area contributed by atoms with Crippen LogP contribution in [-0.4, -0.2) is 25.5 Å². The maximum atomic E-state index is 11.3. The minimum atomic E-state index is -3.19. The van der Waals surface area contributed by atoms with E-state index in [9.17, 15) is 13.5 Å². The van der Waals surface area contributed by atoms with E-state index in [0.29, 0.717) is 5.56 Å². The van der Waals surface area contributed by atoms with Crippen molar-refractivity contribution in [2.45, 2.75) is 18.9 Å². The van der Waals surface area contributed by atoms with Crippen LogP contribution >= 0.6 is 0 Å². The van der Waals surface area contributed by atoms with Crippen LogP contribution in [0, 0.1) is 0 Å². The summed E-state index contributed by atoms with van der Waals surface area (Å²) in [5, 5.41) is 12.4. The summed E-state index contributed by atoms with van der Waals surface area (Å²) in [6.07, 6.45) is 2.24. The molecule has 0 fully saturated rings. The Morgan fingerprint density at radius 3 is 2.53 bits per heavy atom. The molecule has 2 aromatic rings. The van der Waals surface area contributed by atoms with E-state index in [4.69, 9.17) is 0 Å². The molecule has 19 heavy (non-hydrogen) atoms. The molecule has 0 saturated heterocycles. The molecule has 1 atom stereocenters. The van der Waals surface area contributed by atoms with E-state index in [1.165, 1.54) is 16.5 Å². The van der Waals surface area contributed by atoms with Gasteiger partial charge < -0.3 is 5.11 Å². The quantitative estimate of drug-likeness (QED) is 0.933. The molecule has 100 valence electrons. The maximum absolute atomic E-state index is 11.3. The summed E-state index contributed by atoms with van der Waals surface area (Å²) in [5.41, 5.74) is 3.30. The number of hydrogen-bond acceptors (Lipinski definition) is 3. The van der Waals surface area contributed by atoms with Crippen LogP contribution in [0.15, 0.2) is 30.3 Å². The third-order valence-electron chi connectivity index (χ3n) is 3.73. The van der Waals surface area contributed by atoms with Gasteiger partial charge in [-0.2, -0.15) is 0 Å². The fourth-order valence-electron chi connectivity index (χ4n) is 2.94. The Morgan fingerprint density at radius 2 is 1.84 bits per heavy atom. The van der Waals surface area contributed by atoms with Gasteiger partial charge in [-0.15, -0.1) is 0 Å². The Hall–Kier alpha value is -1.39. The first-order valence-electron chi connectivity index (χ1n) is 6.35. The summed E-state index contributed by atoms with van der Waals surface area (Å²) >= 11 is 0. The number of sulfone groups is 1. The number of hydrogen-bond donors (Lipinski definition) is 1. The number of aryl methyl sites for hydroxylation is 2. The van der Waals surface area contributed by atoms with E-state index >= 15 is 0 Å². The van der Waals surface area contributed by atoms with Crippen molar-refractivity contribution in [1.29, 1.82) is 0 Å². The topological polar surface area (TPSA) is 54.4 Å². The van der Waals surface area contributed by atoms with Gasteiger partial charge in [0.25, 0.3) is 0 Å². The molecule has 0 spiro atoms. The van der Waals surface area contributed by atoms with Crippen LogP contribution in [0.5, 0.6) is 0 Å². The molecule has 1 aliphatic rings. The van der Waals surface area contributed by atoms with Gasteiger partial charge in [-0.1, -0.05) is 30.3 Å². The van der Waals surface area contributed by atoms with Crippen molar-refractivity contribution in [2.75, 3.05) is 12.0 Å². The maximum Gasteiger partial charge on any atom is 0.150 e. The predicted octanol–water partition coefficient (Wildman–Crippen LogP) is 2.02. The van der Waals surface area contributed by atoms with Crippen LogP contribution < -0.4 is 0 Å². The summed E-state index contributed by atoms with van der Waals surface area (Å²) in [6.45, 7) is 0. The van der Waals surface area contributed by atoms with Gasteiger partial charge in [-0.05, 0) is 40.3 Å². The van der Waals surface area contributed by atoms with Crippen molar-refractivity contribution in [3.8, 4) is 0 Å².